The Labute approximate surface area is 174 Å². The molecule has 1 atom stereocenters. The summed E-state index contributed by atoms with van der Waals surface area (Å²) in [7, 11) is -3.93. The molecule has 0 bridgehead atoms. The van der Waals surface area contributed by atoms with Crippen LogP contribution in [0.2, 0.25) is 0 Å². The second kappa shape index (κ2) is 8.98. The van der Waals surface area contributed by atoms with Gasteiger partial charge in [-0.3, -0.25) is 4.79 Å². The number of hydrogen-bond donors (Lipinski definition) is 2. The van der Waals surface area contributed by atoms with Crippen molar-refractivity contribution in [3.05, 3.63) is 53.6 Å². The summed E-state index contributed by atoms with van der Waals surface area (Å²) in [5.41, 5.74) is 3.12. The highest BCUT2D eigenvalue weighted by Gasteiger charge is 2.29. The number of rotatable bonds is 8. The van der Waals surface area contributed by atoms with Crippen LogP contribution in [0.25, 0.3) is 11.0 Å². The van der Waals surface area contributed by atoms with Gasteiger partial charge in [0.15, 0.2) is 0 Å². The van der Waals surface area contributed by atoms with Crippen molar-refractivity contribution in [1.29, 1.82) is 0 Å². The van der Waals surface area contributed by atoms with E-state index in [0.717, 1.165) is 17.3 Å². The van der Waals surface area contributed by atoms with Gasteiger partial charge in [0.05, 0.1) is 11.7 Å². The summed E-state index contributed by atoms with van der Waals surface area (Å²) < 4.78 is 36.6. The van der Waals surface area contributed by atoms with E-state index in [9.17, 15) is 13.2 Å². The number of sulfonamides is 1. The monoisotopic (exact) mass is 432 g/mol. The SMILES string of the molecule is Cc1ccc(CCNC(=O)C(NS(=O)(=O)c2cccc3nsnc23)C(C)C)cc1. The van der Waals surface area contributed by atoms with Crippen molar-refractivity contribution in [3.63, 3.8) is 0 Å². The maximum absolute atomic E-state index is 12.9. The first kappa shape index (κ1) is 21.4. The number of aromatic nitrogens is 2. The third-order valence-electron chi connectivity index (χ3n) is 4.60. The zero-order chi connectivity index (χ0) is 21.0. The summed E-state index contributed by atoms with van der Waals surface area (Å²) in [6.45, 7) is 6.06. The maximum Gasteiger partial charge on any atom is 0.243 e. The molecule has 0 aliphatic rings. The van der Waals surface area contributed by atoms with Crippen LogP contribution in [0, 0.1) is 12.8 Å². The van der Waals surface area contributed by atoms with Crippen molar-refractivity contribution in [1.82, 2.24) is 18.8 Å². The first-order valence-corrected chi connectivity index (χ1v) is 11.6. The quantitative estimate of drug-likeness (QED) is 0.570. The molecule has 2 aromatic carbocycles. The van der Waals surface area contributed by atoms with Crippen LogP contribution in [0.15, 0.2) is 47.4 Å². The van der Waals surface area contributed by atoms with Crippen LogP contribution in [-0.2, 0) is 21.2 Å². The number of carbonyl (C=O) groups is 1. The van der Waals surface area contributed by atoms with E-state index in [1.54, 1.807) is 26.0 Å². The lowest BCUT2D eigenvalue weighted by atomic mass is 10.0. The molecule has 9 heteroatoms. The Morgan fingerprint density at radius 2 is 1.83 bits per heavy atom. The molecular weight excluding hydrogens is 408 g/mol. The lowest BCUT2D eigenvalue weighted by Crippen LogP contribution is -2.50. The highest BCUT2D eigenvalue weighted by Crippen LogP contribution is 2.21. The number of hydrogen-bond acceptors (Lipinski definition) is 6. The van der Waals surface area contributed by atoms with Gasteiger partial charge in [-0.2, -0.15) is 13.5 Å². The Morgan fingerprint density at radius 1 is 1.10 bits per heavy atom. The topological polar surface area (TPSA) is 101 Å². The van der Waals surface area contributed by atoms with Crippen molar-refractivity contribution < 1.29 is 13.2 Å². The molecule has 1 amide bonds. The van der Waals surface area contributed by atoms with Crippen LogP contribution in [0.4, 0.5) is 0 Å². The van der Waals surface area contributed by atoms with Gasteiger partial charge in [0.25, 0.3) is 0 Å². The van der Waals surface area contributed by atoms with Gasteiger partial charge in [-0.1, -0.05) is 49.7 Å². The average Bonchev–Trinajstić information content (AvgIpc) is 3.16. The standard InChI is InChI=1S/C20H24N4O3S2/c1-13(2)18(20(25)21-12-11-15-9-7-14(3)8-10-15)24-29(26,27)17-6-4-5-16-19(17)23-28-22-16/h4-10,13,18,24H,11-12H2,1-3H3,(H,21,25). The number of nitrogens with zero attached hydrogens (tertiary/aromatic N) is 2. The molecular formula is C20H24N4O3S2. The highest BCUT2D eigenvalue weighted by atomic mass is 32.2. The van der Waals surface area contributed by atoms with E-state index in [-0.39, 0.29) is 16.7 Å². The lowest BCUT2D eigenvalue weighted by molar-refractivity contribution is -0.123. The molecule has 0 aliphatic heterocycles. The summed E-state index contributed by atoms with van der Waals surface area (Å²) in [6, 6.07) is 12.0. The van der Waals surface area contributed by atoms with E-state index >= 15 is 0 Å². The molecule has 154 valence electrons. The van der Waals surface area contributed by atoms with Gasteiger partial charge in [-0.25, -0.2) is 8.42 Å². The van der Waals surface area contributed by atoms with Crippen LogP contribution < -0.4 is 10.0 Å². The number of amides is 1. The molecule has 3 aromatic rings. The average molecular weight is 433 g/mol. The Morgan fingerprint density at radius 3 is 2.52 bits per heavy atom. The van der Waals surface area contributed by atoms with Gasteiger partial charge in [-0.05, 0) is 37.0 Å². The lowest BCUT2D eigenvalue weighted by Gasteiger charge is -2.21. The van der Waals surface area contributed by atoms with E-state index in [1.807, 2.05) is 31.2 Å². The summed E-state index contributed by atoms with van der Waals surface area (Å²) in [5.74, 6) is -0.573. The summed E-state index contributed by atoms with van der Waals surface area (Å²) >= 11 is 0.953. The fourth-order valence-corrected chi connectivity index (χ4v) is 5.03. The zero-order valence-electron chi connectivity index (χ0n) is 16.5. The molecule has 1 heterocycles. The highest BCUT2D eigenvalue weighted by molar-refractivity contribution is 7.89. The maximum atomic E-state index is 12.9. The molecule has 3 rings (SSSR count). The third kappa shape index (κ3) is 5.17. The van der Waals surface area contributed by atoms with Crippen LogP contribution in [0.5, 0.6) is 0 Å². The first-order chi connectivity index (χ1) is 13.8. The molecule has 0 spiro atoms. The van der Waals surface area contributed by atoms with Crippen LogP contribution >= 0.6 is 11.7 Å². The molecule has 0 radical (unpaired) electrons. The third-order valence-corrected chi connectivity index (χ3v) is 6.62. The fraction of sp³-hybridized carbons (Fsp3) is 0.350. The molecule has 29 heavy (non-hydrogen) atoms. The van der Waals surface area contributed by atoms with E-state index < -0.39 is 16.1 Å². The largest absolute Gasteiger partial charge is 0.354 e. The molecule has 1 unspecified atom stereocenters. The smallest absolute Gasteiger partial charge is 0.243 e. The Balaban J connectivity index is 1.69. The first-order valence-electron chi connectivity index (χ1n) is 9.35. The number of benzene rings is 2. The molecule has 0 aliphatic carbocycles. The molecule has 1 aromatic heterocycles. The number of carbonyl (C=O) groups excluding carboxylic acids is 1. The molecule has 0 saturated heterocycles. The number of fused-ring (bicyclic) bond motifs is 1. The van der Waals surface area contributed by atoms with E-state index in [4.69, 9.17) is 0 Å². The van der Waals surface area contributed by atoms with Crippen molar-refractivity contribution in [2.24, 2.45) is 5.92 Å². The van der Waals surface area contributed by atoms with E-state index in [2.05, 4.69) is 18.8 Å². The van der Waals surface area contributed by atoms with Crippen molar-refractivity contribution in [3.8, 4) is 0 Å². The summed E-state index contributed by atoms with van der Waals surface area (Å²) in [6.07, 6.45) is 0.674. The number of aryl methyl sites for hydroxylation is 1. The molecule has 0 fully saturated rings. The normalized spacial score (nSPS) is 13.0. The van der Waals surface area contributed by atoms with Crippen LogP contribution in [0.3, 0.4) is 0 Å². The van der Waals surface area contributed by atoms with Gasteiger partial charge in [0.2, 0.25) is 15.9 Å². The van der Waals surface area contributed by atoms with E-state index in [0.29, 0.717) is 24.0 Å². The zero-order valence-corrected chi connectivity index (χ0v) is 18.2. The van der Waals surface area contributed by atoms with Gasteiger partial charge in [0, 0.05) is 6.54 Å². The summed E-state index contributed by atoms with van der Waals surface area (Å²) in [4.78, 5) is 12.7. The van der Waals surface area contributed by atoms with Gasteiger partial charge >= 0.3 is 0 Å². The second-order valence-electron chi connectivity index (χ2n) is 7.26. The second-order valence-corrected chi connectivity index (χ2v) is 9.47. The molecule has 7 nitrogen and oxygen atoms in total. The van der Waals surface area contributed by atoms with E-state index in [1.165, 1.54) is 11.6 Å². The minimum Gasteiger partial charge on any atom is -0.354 e. The summed E-state index contributed by atoms with van der Waals surface area (Å²) in [5, 5.41) is 2.84. The van der Waals surface area contributed by atoms with Crippen molar-refractivity contribution in [2.45, 2.75) is 38.1 Å². The Kier molecular flexibility index (Phi) is 6.61. The Hall–Kier alpha value is -2.36. The number of nitrogens with one attached hydrogen (secondary N) is 2. The molecule has 0 saturated carbocycles. The van der Waals surface area contributed by atoms with Crippen LogP contribution in [-0.4, -0.2) is 35.7 Å². The molecule has 2 N–H and O–H groups in total. The van der Waals surface area contributed by atoms with Gasteiger partial charge in [0.1, 0.15) is 22.0 Å². The fourth-order valence-electron chi connectivity index (χ4n) is 2.92. The Bertz CT molecular complexity index is 1090. The predicted octanol–water partition coefficient (Wildman–Crippen LogP) is 2.66. The van der Waals surface area contributed by atoms with Crippen LogP contribution in [0.1, 0.15) is 25.0 Å². The van der Waals surface area contributed by atoms with Gasteiger partial charge in [-0.15, -0.1) is 0 Å². The predicted molar refractivity (Wildman–Crippen MR) is 114 cm³/mol. The minimum absolute atomic E-state index is 0.0295. The van der Waals surface area contributed by atoms with Crippen molar-refractivity contribution in [2.75, 3.05) is 6.54 Å². The van der Waals surface area contributed by atoms with Crippen molar-refractivity contribution >= 4 is 38.7 Å². The van der Waals surface area contributed by atoms with Gasteiger partial charge < -0.3 is 5.32 Å². The minimum atomic E-state index is -3.93.